The van der Waals surface area contributed by atoms with E-state index in [1.807, 2.05) is 0 Å². The van der Waals surface area contributed by atoms with E-state index in [4.69, 9.17) is 10.5 Å². The summed E-state index contributed by atoms with van der Waals surface area (Å²) < 4.78 is 5.29. The minimum atomic E-state index is 0.384. The highest BCUT2D eigenvalue weighted by atomic mass is 16.5. The molecule has 1 aliphatic rings. The van der Waals surface area contributed by atoms with E-state index in [1.165, 1.54) is 19.3 Å². The first-order valence-electron chi connectivity index (χ1n) is 3.66. The van der Waals surface area contributed by atoms with Crippen LogP contribution in [0.3, 0.4) is 0 Å². The van der Waals surface area contributed by atoms with Crippen LogP contribution in [0.5, 0.6) is 0 Å². The molecule has 9 heavy (non-hydrogen) atoms. The third-order valence-corrected chi connectivity index (χ3v) is 2.09. The van der Waals surface area contributed by atoms with Crippen molar-refractivity contribution in [3.63, 3.8) is 0 Å². The van der Waals surface area contributed by atoms with E-state index in [0.29, 0.717) is 12.8 Å². The zero-order valence-corrected chi connectivity index (χ0v) is 5.97. The van der Waals surface area contributed by atoms with Gasteiger partial charge in [0, 0.05) is 0 Å². The monoisotopic (exact) mass is 129 g/mol. The summed E-state index contributed by atoms with van der Waals surface area (Å²) in [5.41, 5.74) is 5.25. The Morgan fingerprint density at radius 2 is 2.33 bits per heavy atom. The number of nitrogens with two attached hydrogens (primary N) is 1. The van der Waals surface area contributed by atoms with Crippen LogP contribution in [0.25, 0.3) is 0 Å². The fourth-order valence-electron chi connectivity index (χ4n) is 1.48. The van der Waals surface area contributed by atoms with Crippen LogP contribution in [0.15, 0.2) is 0 Å². The SMILES string of the molecule is C[C@H]1CCC[C@@H]1OCN. The highest BCUT2D eigenvalue weighted by Crippen LogP contribution is 2.26. The second-order valence-corrected chi connectivity index (χ2v) is 2.78. The van der Waals surface area contributed by atoms with Crippen LogP contribution in [0.1, 0.15) is 26.2 Å². The van der Waals surface area contributed by atoms with Crippen molar-refractivity contribution >= 4 is 0 Å². The molecule has 54 valence electrons. The van der Waals surface area contributed by atoms with Crippen LogP contribution in [0.4, 0.5) is 0 Å². The Bertz CT molecular complexity index is 85.0. The van der Waals surface area contributed by atoms with Crippen LogP contribution in [-0.2, 0) is 4.74 Å². The van der Waals surface area contributed by atoms with Gasteiger partial charge in [0.25, 0.3) is 0 Å². The minimum Gasteiger partial charge on any atom is -0.363 e. The number of hydrogen-bond donors (Lipinski definition) is 1. The van der Waals surface area contributed by atoms with Crippen molar-refractivity contribution in [2.45, 2.75) is 32.3 Å². The third kappa shape index (κ3) is 1.66. The summed E-state index contributed by atoms with van der Waals surface area (Å²) in [6.07, 6.45) is 4.28. The van der Waals surface area contributed by atoms with Crippen molar-refractivity contribution in [2.75, 3.05) is 6.73 Å². The van der Waals surface area contributed by atoms with Crippen LogP contribution in [0, 0.1) is 5.92 Å². The molecule has 2 nitrogen and oxygen atoms in total. The molecule has 0 saturated heterocycles. The van der Waals surface area contributed by atoms with E-state index in [1.54, 1.807) is 0 Å². The van der Waals surface area contributed by atoms with Gasteiger partial charge in [-0.2, -0.15) is 0 Å². The maximum Gasteiger partial charge on any atom is 0.0944 e. The number of ether oxygens (including phenoxy) is 1. The van der Waals surface area contributed by atoms with Crippen molar-refractivity contribution in [2.24, 2.45) is 11.7 Å². The summed E-state index contributed by atoms with van der Waals surface area (Å²) in [7, 11) is 0. The molecular formula is C7H15NO. The van der Waals surface area contributed by atoms with Gasteiger partial charge in [0.1, 0.15) is 0 Å². The lowest BCUT2D eigenvalue weighted by Crippen LogP contribution is -2.19. The number of hydrogen-bond acceptors (Lipinski definition) is 2. The van der Waals surface area contributed by atoms with E-state index in [2.05, 4.69) is 6.92 Å². The van der Waals surface area contributed by atoms with Crippen LogP contribution in [0.2, 0.25) is 0 Å². The topological polar surface area (TPSA) is 35.2 Å². The Morgan fingerprint density at radius 3 is 2.78 bits per heavy atom. The summed E-state index contributed by atoms with van der Waals surface area (Å²) in [6, 6.07) is 0. The molecule has 1 aliphatic carbocycles. The Hall–Kier alpha value is -0.0800. The molecule has 0 bridgehead atoms. The van der Waals surface area contributed by atoms with Gasteiger partial charge in [-0.05, 0) is 18.8 Å². The van der Waals surface area contributed by atoms with Gasteiger partial charge in [-0.1, -0.05) is 13.3 Å². The van der Waals surface area contributed by atoms with Crippen LogP contribution < -0.4 is 5.73 Å². The molecule has 2 heteroatoms. The minimum absolute atomic E-state index is 0.384. The molecule has 0 radical (unpaired) electrons. The van der Waals surface area contributed by atoms with Gasteiger partial charge in [0.05, 0.1) is 12.8 Å². The summed E-state index contributed by atoms with van der Waals surface area (Å²) in [4.78, 5) is 0. The Kier molecular flexibility index (Phi) is 2.49. The molecule has 2 N–H and O–H groups in total. The molecule has 1 saturated carbocycles. The molecule has 0 aromatic rings. The van der Waals surface area contributed by atoms with Gasteiger partial charge >= 0.3 is 0 Å². The van der Waals surface area contributed by atoms with Gasteiger partial charge in [-0.3, -0.25) is 0 Å². The average Bonchev–Trinajstić information content (AvgIpc) is 2.18. The van der Waals surface area contributed by atoms with Gasteiger partial charge in [0.2, 0.25) is 0 Å². The largest absolute Gasteiger partial charge is 0.363 e. The highest BCUT2D eigenvalue weighted by molar-refractivity contribution is 4.73. The van der Waals surface area contributed by atoms with E-state index >= 15 is 0 Å². The zero-order valence-electron chi connectivity index (χ0n) is 5.97. The van der Waals surface area contributed by atoms with E-state index < -0.39 is 0 Å². The molecule has 0 unspecified atom stereocenters. The van der Waals surface area contributed by atoms with Crippen LogP contribution in [-0.4, -0.2) is 12.8 Å². The molecule has 0 aromatic heterocycles. The lowest BCUT2D eigenvalue weighted by Gasteiger charge is -2.13. The van der Waals surface area contributed by atoms with E-state index in [0.717, 1.165) is 5.92 Å². The molecule has 0 heterocycles. The second-order valence-electron chi connectivity index (χ2n) is 2.78. The van der Waals surface area contributed by atoms with Gasteiger partial charge in [-0.15, -0.1) is 0 Å². The van der Waals surface area contributed by atoms with Crippen molar-refractivity contribution in [3.05, 3.63) is 0 Å². The number of rotatable bonds is 2. The average molecular weight is 129 g/mol. The Labute approximate surface area is 56.4 Å². The molecule has 1 fully saturated rings. The first kappa shape index (κ1) is 7.03. The Balaban J connectivity index is 2.22. The summed E-state index contributed by atoms with van der Waals surface area (Å²) in [5.74, 6) is 0.730. The normalized spacial score (nSPS) is 35.3. The molecule has 2 atom stereocenters. The smallest absolute Gasteiger partial charge is 0.0944 e. The quantitative estimate of drug-likeness (QED) is 0.567. The molecule has 0 spiro atoms. The molecule has 0 aromatic carbocycles. The molecule has 1 rings (SSSR count). The molecule has 0 aliphatic heterocycles. The van der Waals surface area contributed by atoms with Crippen molar-refractivity contribution in [1.29, 1.82) is 0 Å². The fraction of sp³-hybridized carbons (Fsp3) is 1.00. The van der Waals surface area contributed by atoms with Crippen LogP contribution >= 0.6 is 0 Å². The fourth-order valence-corrected chi connectivity index (χ4v) is 1.48. The maximum absolute atomic E-state index is 5.29. The summed E-state index contributed by atoms with van der Waals surface area (Å²) in [6.45, 7) is 2.61. The predicted molar refractivity (Wildman–Crippen MR) is 36.9 cm³/mol. The maximum atomic E-state index is 5.29. The third-order valence-electron chi connectivity index (χ3n) is 2.09. The lowest BCUT2D eigenvalue weighted by molar-refractivity contribution is 0.0369. The summed E-state index contributed by atoms with van der Waals surface area (Å²) >= 11 is 0. The Morgan fingerprint density at radius 1 is 1.56 bits per heavy atom. The summed E-state index contributed by atoms with van der Waals surface area (Å²) in [5, 5.41) is 0. The molecular weight excluding hydrogens is 114 g/mol. The van der Waals surface area contributed by atoms with Gasteiger partial charge in [0.15, 0.2) is 0 Å². The van der Waals surface area contributed by atoms with Crippen molar-refractivity contribution < 1.29 is 4.74 Å². The second kappa shape index (κ2) is 3.18. The highest BCUT2D eigenvalue weighted by Gasteiger charge is 2.22. The van der Waals surface area contributed by atoms with Crippen molar-refractivity contribution in [3.8, 4) is 0 Å². The van der Waals surface area contributed by atoms with Gasteiger partial charge < -0.3 is 10.5 Å². The lowest BCUT2D eigenvalue weighted by atomic mass is 10.1. The standard InChI is InChI=1S/C7H15NO/c1-6-3-2-4-7(6)9-5-8/h6-7H,2-5,8H2,1H3/t6-,7-/m0/s1. The first-order chi connectivity index (χ1) is 4.34. The first-order valence-corrected chi connectivity index (χ1v) is 3.66. The van der Waals surface area contributed by atoms with E-state index in [9.17, 15) is 0 Å². The van der Waals surface area contributed by atoms with E-state index in [-0.39, 0.29) is 0 Å². The molecule has 0 amide bonds. The zero-order chi connectivity index (χ0) is 6.69. The van der Waals surface area contributed by atoms with Crippen molar-refractivity contribution in [1.82, 2.24) is 0 Å². The van der Waals surface area contributed by atoms with Gasteiger partial charge in [-0.25, -0.2) is 0 Å². The predicted octanol–water partition coefficient (Wildman–Crippen LogP) is 1.11.